The summed E-state index contributed by atoms with van der Waals surface area (Å²) >= 11 is 0. The van der Waals surface area contributed by atoms with Gasteiger partial charge in [-0.2, -0.15) is 0 Å². The van der Waals surface area contributed by atoms with Gasteiger partial charge in [-0.15, -0.1) is 0 Å². The second-order valence-corrected chi connectivity index (χ2v) is 24.4. The summed E-state index contributed by atoms with van der Waals surface area (Å²) in [7, 11) is 0. The monoisotopic (exact) mass is 1320 g/mol. The molecule has 33 heteroatoms. The number of amides is 13. The molecule has 17 N–H and O–H groups in total. The van der Waals surface area contributed by atoms with Crippen LogP contribution in [0.4, 0.5) is 0 Å². The number of nitrogens with one attached hydrogen (secondary N) is 10. The minimum atomic E-state index is -2.13. The highest BCUT2D eigenvalue weighted by molar-refractivity contribution is 6.01. The molecule has 3 aliphatic rings. The van der Waals surface area contributed by atoms with Crippen LogP contribution < -0.4 is 64.6 Å². The van der Waals surface area contributed by atoms with E-state index in [-0.39, 0.29) is 51.6 Å². The van der Waals surface area contributed by atoms with E-state index in [9.17, 15) is 87.2 Å². The van der Waals surface area contributed by atoms with Gasteiger partial charge < -0.3 is 89.8 Å². The lowest BCUT2D eigenvalue weighted by molar-refractivity contribution is -0.149. The molecule has 93 heavy (non-hydrogen) atoms. The summed E-state index contributed by atoms with van der Waals surface area (Å²) in [5, 5.41) is 52.6. The molecule has 0 aromatic rings. The van der Waals surface area contributed by atoms with E-state index in [4.69, 9.17) is 11.5 Å². The topological polar surface area (TPSA) is 513 Å². The zero-order valence-electron chi connectivity index (χ0n) is 54.0. The summed E-state index contributed by atoms with van der Waals surface area (Å²) in [6, 6.07) is -18.3. The summed E-state index contributed by atoms with van der Waals surface area (Å²) in [6.45, 7) is 8.86. The third kappa shape index (κ3) is 26.0. The maximum Gasteiger partial charge on any atom is 0.308 e. The number of piperidine rings is 1. The van der Waals surface area contributed by atoms with Crippen molar-refractivity contribution < 1.29 is 92.0 Å². The number of hydrogen-bond acceptors (Lipinski definition) is 17. The highest BCUT2D eigenvalue weighted by Crippen LogP contribution is 2.24. The van der Waals surface area contributed by atoms with Crippen molar-refractivity contribution in [2.24, 2.45) is 29.2 Å². The highest BCUT2D eigenvalue weighted by Gasteiger charge is 2.45. The van der Waals surface area contributed by atoms with Crippen molar-refractivity contribution in [3.8, 4) is 0 Å². The maximum absolute atomic E-state index is 15.3. The van der Waals surface area contributed by atoms with Gasteiger partial charge in [0.05, 0.1) is 44.3 Å². The molecule has 520 valence electrons. The molecule has 0 aliphatic carbocycles. The van der Waals surface area contributed by atoms with Gasteiger partial charge in [-0.05, 0) is 77.6 Å². The minimum Gasteiger partial charge on any atom is -0.481 e. The van der Waals surface area contributed by atoms with E-state index >= 15 is 4.79 Å². The molecule has 0 bridgehead atoms. The quantitative estimate of drug-likeness (QED) is 0.0334. The lowest BCUT2D eigenvalue weighted by Gasteiger charge is -2.39. The molecule has 0 aromatic heterocycles. The number of nitrogens with zero attached hydrogens (tertiary/aromatic N) is 2. The second-order valence-electron chi connectivity index (χ2n) is 24.4. The van der Waals surface area contributed by atoms with E-state index in [1.165, 1.54) is 25.2 Å². The Morgan fingerprint density at radius 3 is 1.71 bits per heavy atom. The van der Waals surface area contributed by atoms with Crippen molar-refractivity contribution in [3.63, 3.8) is 0 Å². The van der Waals surface area contributed by atoms with Crippen LogP contribution in [0.3, 0.4) is 0 Å². The largest absolute Gasteiger partial charge is 0.481 e. The fourth-order valence-corrected chi connectivity index (χ4v) is 10.7. The van der Waals surface area contributed by atoms with Crippen LogP contribution in [0.1, 0.15) is 158 Å². The number of carbonyl (C=O) groups excluding carboxylic acids is 13. The molecule has 33 nitrogen and oxygen atoms in total. The highest BCUT2D eigenvalue weighted by atomic mass is 16.4. The summed E-state index contributed by atoms with van der Waals surface area (Å²) in [6.07, 6.45) is 8.90. The van der Waals surface area contributed by atoms with Crippen LogP contribution in [0.15, 0.2) is 12.2 Å². The zero-order chi connectivity index (χ0) is 69.8. The number of unbranched alkanes of at least 4 members (excludes halogenated alkanes) is 5. The van der Waals surface area contributed by atoms with Crippen LogP contribution in [0, 0.1) is 17.8 Å². The molecule has 0 aromatic carbocycles. The molecular weight excluding hydrogens is 1220 g/mol. The molecule has 3 aliphatic heterocycles. The van der Waals surface area contributed by atoms with Crippen molar-refractivity contribution in [2.45, 2.75) is 224 Å². The molecule has 0 saturated carbocycles. The molecule has 3 rings (SSSR count). The van der Waals surface area contributed by atoms with Crippen molar-refractivity contribution in [1.29, 1.82) is 0 Å². The third-order valence-electron chi connectivity index (χ3n) is 16.4. The summed E-state index contributed by atoms with van der Waals surface area (Å²) in [5.41, 5.74) is 11.7. The normalized spacial score (nSPS) is 25.3. The lowest BCUT2D eigenvalue weighted by atomic mass is 9.96. The van der Waals surface area contributed by atoms with Crippen molar-refractivity contribution in [2.75, 3.05) is 26.2 Å². The van der Waals surface area contributed by atoms with Crippen LogP contribution >= 0.6 is 0 Å². The minimum absolute atomic E-state index is 0.0284. The summed E-state index contributed by atoms with van der Waals surface area (Å²) < 4.78 is 0. The van der Waals surface area contributed by atoms with Gasteiger partial charge in [0, 0.05) is 25.6 Å². The van der Waals surface area contributed by atoms with Crippen LogP contribution in [0.25, 0.3) is 0 Å². The average Bonchev–Trinajstić information content (AvgIpc) is 1.81. The van der Waals surface area contributed by atoms with Crippen LogP contribution in [-0.4, -0.2) is 212 Å². The first-order chi connectivity index (χ1) is 43.8. The van der Waals surface area contributed by atoms with Gasteiger partial charge >= 0.3 is 17.9 Å². The Bertz CT molecular complexity index is 2740. The van der Waals surface area contributed by atoms with Crippen molar-refractivity contribution >= 4 is 94.7 Å². The van der Waals surface area contributed by atoms with Gasteiger partial charge in [0.25, 0.3) is 0 Å². The molecule has 13 amide bonds. The van der Waals surface area contributed by atoms with E-state index in [0.717, 1.165) is 50.3 Å². The Kier molecular flexibility index (Phi) is 32.8. The molecular formula is C60H96N14O19. The SMILES string of the molecule is CCC(C)CCCCCCC/C=C\CC(=O)N[C@@H](CC(N)=O)C(=O)N[C@@H]1C(=O)N2CCCC[C@@H]2C(=O)N[C@@H]([C@H](C)C(=O)O)C(=O)N[C@@H](CC(=O)O)C(=O)NCC(=O)N[C@@H](CC(=O)O)C(=O)NCC(=O)N[C@H]([C@@H](C)N)C(=O)N[C@@H](C(C)C)C(=O)N2CCCC2C(=O)N[C@@H]1C. The first kappa shape index (κ1) is 78.5. The van der Waals surface area contributed by atoms with Crippen LogP contribution in [0.5, 0.6) is 0 Å². The molecule has 3 heterocycles. The van der Waals surface area contributed by atoms with Gasteiger partial charge in [-0.1, -0.05) is 78.4 Å². The van der Waals surface area contributed by atoms with Gasteiger partial charge in [0.15, 0.2) is 0 Å². The number of rotatable bonds is 24. The molecule has 13 atom stereocenters. The van der Waals surface area contributed by atoms with Gasteiger partial charge in [0.1, 0.15) is 54.4 Å². The number of allylic oxidation sites excluding steroid dienone is 1. The Morgan fingerprint density at radius 1 is 0.613 bits per heavy atom. The van der Waals surface area contributed by atoms with Crippen LogP contribution in [0.2, 0.25) is 0 Å². The third-order valence-corrected chi connectivity index (χ3v) is 16.4. The smallest absolute Gasteiger partial charge is 0.308 e. The Labute approximate surface area is 539 Å². The lowest BCUT2D eigenvalue weighted by Crippen LogP contribution is -2.66. The van der Waals surface area contributed by atoms with E-state index < -0.39 is 205 Å². The number of hydrogen-bond donors (Lipinski definition) is 15. The number of carbonyl (C=O) groups is 16. The predicted molar refractivity (Wildman–Crippen MR) is 330 cm³/mol. The van der Waals surface area contributed by atoms with Gasteiger partial charge in [-0.3, -0.25) is 76.7 Å². The van der Waals surface area contributed by atoms with Gasteiger partial charge in [-0.25, -0.2) is 0 Å². The fraction of sp³-hybridized carbons (Fsp3) is 0.700. The maximum atomic E-state index is 15.3. The standard InChI is InChI=1S/C60H96N14O19/c1-8-32(4)20-15-13-11-9-10-12-14-16-23-42(76)66-36(26-41(62)75)53(85)72-50-35(7)65-54(86)40-22-19-25-74(40)58(90)47(31(2)3)70-57(89)49(34(6)61)69-44(78)30-64-51(83)37(27-45(79)80)67-43(77)29-63-52(84)38(28-46(81)82)68-56(88)48(33(5)60(92)93)71-55(87)39-21-17-18-24-73(39)59(50)91/h14,16,31-40,47-50H,8-13,15,17-30,61H2,1-7H3,(H2,62,75)(H,63,84)(H,64,83)(H,65,86)(H,66,76)(H,67,77)(H,68,88)(H,69,78)(H,70,89)(H,71,87)(H,72,85)(H,79,80)(H,81,82)(H,92,93)/b16-14-/t32?,33-,34+,35+,36-,37-,38-,39+,40?,47-,48-,49+,50-/m0/s1. The molecule has 0 spiro atoms. The molecule has 3 fully saturated rings. The molecule has 3 saturated heterocycles. The van der Waals surface area contributed by atoms with Crippen LogP contribution in [-0.2, 0) is 76.7 Å². The fourth-order valence-electron chi connectivity index (χ4n) is 10.7. The first-order valence-corrected chi connectivity index (χ1v) is 31.7. The van der Waals surface area contributed by atoms with Crippen molar-refractivity contribution in [3.05, 3.63) is 12.2 Å². The van der Waals surface area contributed by atoms with Crippen molar-refractivity contribution in [1.82, 2.24) is 63.0 Å². The molecule has 0 radical (unpaired) electrons. The predicted octanol–water partition coefficient (Wildman–Crippen LogP) is -3.23. The number of carboxylic acids is 3. The Morgan fingerprint density at radius 2 is 1.14 bits per heavy atom. The number of primary amides is 1. The van der Waals surface area contributed by atoms with E-state index in [1.807, 2.05) is 16.7 Å². The van der Waals surface area contributed by atoms with Gasteiger partial charge in [0.2, 0.25) is 76.8 Å². The number of carboxylic acid groups (broad SMARTS) is 3. The number of aliphatic carboxylic acids is 3. The Hall–Kier alpha value is -8.78. The van der Waals surface area contributed by atoms with E-state index in [0.29, 0.717) is 12.3 Å². The summed E-state index contributed by atoms with van der Waals surface area (Å²) in [4.78, 5) is 219. The zero-order valence-corrected chi connectivity index (χ0v) is 54.0. The summed E-state index contributed by atoms with van der Waals surface area (Å²) in [5.74, 6) is -21.0. The average molecular weight is 1320 g/mol. The number of nitrogens with two attached hydrogens (primary N) is 2. The molecule has 2 unspecified atom stereocenters. The number of fused-ring (bicyclic) bond motifs is 2. The Balaban J connectivity index is 2.14. The van der Waals surface area contributed by atoms with E-state index in [2.05, 4.69) is 56.4 Å². The van der Waals surface area contributed by atoms with E-state index in [1.54, 1.807) is 19.9 Å². The first-order valence-electron chi connectivity index (χ1n) is 31.7. The second kappa shape index (κ2) is 38.9.